The molecule has 2 aliphatic rings. The normalized spacial score (nSPS) is 17.4. The second-order valence-corrected chi connectivity index (χ2v) is 10.6. The van der Waals surface area contributed by atoms with Gasteiger partial charge in [-0.3, -0.25) is 24.3 Å². The number of rotatable bonds is 10. The molecule has 1 atom stereocenters. The highest BCUT2D eigenvalue weighted by molar-refractivity contribution is 6.09. The highest BCUT2D eigenvalue weighted by atomic mass is 35.5. The van der Waals surface area contributed by atoms with Gasteiger partial charge in [0, 0.05) is 46.7 Å². The number of esters is 1. The number of piperazine rings is 1. The summed E-state index contributed by atoms with van der Waals surface area (Å²) in [5.41, 5.74) is 1.05. The maximum atomic E-state index is 14.0. The van der Waals surface area contributed by atoms with Crippen LogP contribution in [0.25, 0.3) is 0 Å². The number of urea groups is 1. The van der Waals surface area contributed by atoms with Crippen molar-refractivity contribution in [3.8, 4) is 5.75 Å². The molecule has 2 heterocycles. The molecule has 1 unspecified atom stereocenters. The number of anilines is 1. The summed E-state index contributed by atoms with van der Waals surface area (Å²) in [6.45, 7) is 7.48. The van der Waals surface area contributed by atoms with Gasteiger partial charge in [0.15, 0.2) is 5.54 Å². The van der Waals surface area contributed by atoms with E-state index in [1.165, 1.54) is 18.9 Å². The summed E-state index contributed by atoms with van der Waals surface area (Å²) in [5, 5.41) is 0. The van der Waals surface area contributed by atoms with Crippen molar-refractivity contribution in [3.63, 3.8) is 0 Å². The van der Waals surface area contributed by atoms with E-state index in [9.17, 15) is 14.4 Å². The fraction of sp³-hybridized carbons (Fsp3) is 0.364. The number of halogens is 1. The van der Waals surface area contributed by atoms with Gasteiger partial charge in [0.05, 0.1) is 18.8 Å². The molecule has 2 saturated heterocycles. The van der Waals surface area contributed by atoms with Crippen molar-refractivity contribution in [2.75, 3.05) is 57.8 Å². The Morgan fingerprint density at radius 2 is 1.40 bits per heavy atom. The number of carbonyl (C=O) groups is 3. The van der Waals surface area contributed by atoms with Crippen LogP contribution in [0.3, 0.4) is 0 Å². The number of benzene rings is 3. The van der Waals surface area contributed by atoms with Crippen LogP contribution in [0.4, 0.5) is 10.5 Å². The fourth-order valence-electron chi connectivity index (χ4n) is 6.09. The van der Waals surface area contributed by atoms with Crippen LogP contribution in [-0.4, -0.2) is 91.6 Å². The minimum atomic E-state index is -1.38. The Morgan fingerprint density at radius 1 is 0.837 bits per heavy atom. The number of hydrogen-bond acceptors (Lipinski definition) is 7. The first-order valence-corrected chi connectivity index (χ1v) is 14.4. The van der Waals surface area contributed by atoms with E-state index in [1.807, 2.05) is 85.8 Å². The van der Waals surface area contributed by atoms with Crippen LogP contribution in [-0.2, 0) is 19.9 Å². The number of carbonyl (C=O) groups excluding carboxylic acids is 3. The Kier molecular flexibility index (Phi) is 10.3. The second-order valence-electron chi connectivity index (χ2n) is 10.6. The van der Waals surface area contributed by atoms with Gasteiger partial charge < -0.3 is 14.4 Å². The summed E-state index contributed by atoms with van der Waals surface area (Å²) >= 11 is 0. The van der Waals surface area contributed by atoms with Gasteiger partial charge in [0.25, 0.3) is 5.91 Å². The molecular weight excluding hydrogens is 568 g/mol. The second kappa shape index (κ2) is 13.9. The number of nitrogens with zero attached hydrogens (tertiary/aromatic N) is 4. The van der Waals surface area contributed by atoms with Gasteiger partial charge in [-0.15, -0.1) is 12.4 Å². The largest absolute Gasteiger partial charge is 0.492 e. The van der Waals surface area contributed by atoms with Crippen molar-refractivity contribution in [3.05, 3.63) is 96.1 Å². The molecule has 0 bridgehead atoms. The molecule has 0 saturated carbocycles. The lowest BCUT2D eigenvalue weighted by atomic mass is 9.81. The van der Waals surface area contributed by atoms with Gasteiger partial charge in [0.2, 0.25) is 0 Å². The van der Waals surface area contributed by atoms with Gasteiger partial charge in [-0.05, 0) is 30.2 Å². The first-order valence-electron chi connectivity index (χ1n) is 14.4. The first kappa shape index (κ1) is 31.8. The molecule has 0 radical (unpaired) electrons. The molecule has 0 spiro atoms. The number of hydrogen-bond donors (Lipinski definition) is 0. The summed E-state index contributed by atoms with van der Waals surface area (Å²) in [6.07, 6.45) is -0.639. The molecule has 3 aromatic carbocycles. The van der Waals surface area contributed by atoms with Crippen LogP contribution in [0.15, 0.2) is 84.9 Å². The maximum absolute atomic E-state index is 14.0. The van der Waals surface area contributed by atoms with Crippen LogP contribution in [0, 0.1) is 0 Å². The standard InChI is InChI=1S/C33H38N4O5.ClH/c1-4-41-30-18-12-11-17-29(30)36-21-19-35(20-22-36)23-28(42-25(2)38)24-37-32(40)34(3)31(39)33(37,26-13-7-5-8-14-26)27-15-9-6-10-16-27;/h5-18,28H,4,19-24H2,1-3H3;1H. The van der Waals surface area contributed by atoms with Crippen LogP contribution < -0.4 is 9.64 Å². The molecule has 2 fully saturated rings. The molecule has 10 heteroatoms. The SMILES string of the molecule is CCOc1ccccc1N1CCN(CC(CN2C(=O)N(C)C(=O)C2(c2ccccc2)c2ccccc2)OC(C)=O)CC1.Cl. The average Bonchev–Trinajstić information content (AvgIpc) is 3.19. The van der Waals surface area contributed by atoms with E-state index in [1.54, 1.807) is 4.90 Å². The molecule has 0 aromatic heterocycles. The summed E-state index contributed by atoms with van der Waals surface area (Å²) in [4.78, 5) is 47.3. The summed E-state index contributed by atoms with van der Waals surface area (Å²) in [7, 11) is 1.51. The lowest BCUT2D eigenvalue weighted by Gasteiger charge is -2.40. The highest BCUT2D eigenvalue weighted by Gasteiger charge is 2.58. The Bertz CT molecular complexity index is 1360. The van der Waals surface area contributed by atoms with Crippen molar-refractivity contribution in [1.82, 2.24) is 14.7 Å². The van der Waals surface area contributed by atoms with E-state index in [2.05, 4.69) is 15.9 Å². The predicted molar refractivity (Wildman–Crippen MR) is 168 cm³/mol. The molecular formula is C33H39ClN4O5. The first-order chi connectivity index (χ1) is 20.4. The van der Waals surface area contributed by atoms with Gasteiger partial charge in [-0.2, -0.15) is 0 Å². The fourth-order valence-corrected chi connectivity index (χ4v) is 6.09. The van der Waals surface area contributed by atoms with Crippen LogP contribution >= 0.6 is 12.4 Å². The minimum Gasteiger partial charge on any atom is -0.492 e. The zero-order valence-electron chi connectivity index (χ0n) is 24.8. The minimum absolute atomic E-state index is 0. The van der Waals surface area contributed by atoms with E-state index in [0.29, 0.717) is 24.3 Å². The number of ether oxygens (including phenoxy) is 2. The van der Waals surface area contributed by atoms with Crippen LogP contribution in [0.1, 0.15) is 25.0 Å². The van der Waals surface area contributed by atoms with Gasteiger partial charge in [-0.1, -0.05) is 72.8 Å². The van der Waals surface area contributed by atoms with Crippen molar-refractivity contribution in [2.24, 2.45) is 0 Å². The van der Waals surface area contributed by atoms with E-state index in [4.69, 9.17) is 9.47 Å². The monoisotopic (exact) mass is 606 g/mol. The van der Waals surface area contributed by atoms with Crippen LogP contribution in [0.2, 0.25) is 0 Å². The van der Waals surface area contributed by atoms with E-state index < -0.39 is 23.6 Å². The number of amides is 3. The zero-order chi connectivity index (χ0) is 29.7. The van der Waals surface area contributed by atoms with E-state index in [0.717, 1.165) is 37.6 Å². The smallest absolute Gasteiger partial charge is 0.328 e. The van der Waals surface area contributed by atoms with E-state index in [-0.39, 0.29) is 24.9 Å². The zero-order valence-corrected chi connectivity index (χ0v) is 25.7. The predicted octanol–water partition coefficient (Wildman–Crippen LogP) is 4.40. The van der Waals surface area contributed by atoms with Crippen molar-refractivity contribution < 1.29 is 23.9 Å². The lowest BCUT2D eigenvalue weighted by molar-refractivity contribution is -0.148. The quantitative estimate of drug-likeness (QED) is 0.250. The molecule has 0 aliphatic carbocycles. The lowest BCUT2D eigenvalue weighted by Crippen LogP contribution is -2.54. The Balaban J connectivity index is 0.00000423. The third kappa shape index (κ3) is 6.33. The van der Waals surface area contributed by atoms with E-state index >= 15 is 0 Å². The number of imide groups is 1. The molecule has 228 valence electrons. The molecule has 3 aromatic rings. The average molecular weight is 607 g/mol. The third-order valence-corrected chi connectivity index (χ3v) is 7.98. The van der Waals surface area contributed by atoms with Gasteiger partial charge in [-0.25, -0.2) is 4.79 Å². The van der Waals surface area contributed by atoms with Crippen molar-refractivity contribution in [1.29, 1.82) is 0 Å². The number of para-hydroxylation sites is 2. The Hall–Kier alpha value is -4.08. The highest BCUT2D eigenvalue weighted by Crippen LogP contribution is 2.43. The number of likely N-dealkylation sites (N-methyl/N-ethyl adjacent to an activating group) is 1. The topological polar surface area (TPSA) is 82.6 Å². The maximum Gasteiger partial charge on any atom is 0.328 e. The summed E-state index contributed by atoms with van der Waals surface area (Å²) in [5.74, 6) is 0.0967. The molecule has 5 rings (SSSR count). The van der Waals surface area contributed by atoms with Gasteiger partial charge in [0.1, 0.15) is 11.9 Å². The van der Waals surface area contributed by atoms with Crippen molar-refractivity contribution >= 4 is 36.0 Å². The molecule has 9 nitrogen and oxygen atoms in total. The third-order valence-electron chi connectivity index (χ3n) is 7.98. The molecule has 2 aliphatic heterocycles. The summed E-state index contributed by atoms with van der Waals surface area (Å²) in [6, 6.07) is 26.3. The van der Waals surface area contributed by atoms with Crippen molar-refractivity contribution in [2.45, 2.75) is 25.5 Å². The Labute approximate surface area is 259 Å². The Morgan fingerprint density at radius 3 is 1.95 bits per heavy atom. The van der Waals surface area contributed by atoms with Crippen LogP contribution in [0.5, 0.6) is 5.75 Å². The molecule has 43 heavy (non-hydrogen) atoms. The summed E-state index contributed by atoms with van der Waals surface area (Å²) < 4.78 is 11.7. The molecule has 3 amide bonds. The molecule has 0 N–H and O–H groups in total. The van der Waals surface area contributed by atoms with Gasteiger partial charge >= 0.3 is 12.0 Å².